The maximum absolute atomic E-state index is 12.8. The summed E-state index contributed by atoms with van der Waals surface area (Å²) in [7, 11) is 0. The SMILES string of the molecule is CC1(C)CCC(C(=O)Nc2cccc(C(N)=O)c2C(N)=O)C(C)(C)N1. The van der Waals surface area contributed by atoms with Crippen LogP contribution in [0, 0.1) is 5.92 Å². The summed E-state index contributed by atoms with van der Waals surface area (Å²) in [5.74, 6) is -2.10. The van der Waals surface area contributed by atoms with Gasteiger partial charge < -0.3 is 22.1 Å². The summed E-state index contributed by atoms with van der Waals surface area (Å²) < 4.78 is 0. The summed E-state index contributed by atoms with van der Waals surface area (Å²) in [6.07, 6.45) is 1.55. The van der Waals surface area contributed by atoms with Gasteiger partial charge in [-0.15, -0.1) is 0 Å². The number of nitrogens with two attached hydrogens (primary N) is 2. The summed E-state index contributed by atoms with van der Waals surface area (Å²) in [4.78, 5) is 36.1. The second-order valence-electron chi connectivity index (χ2n) is 7.77. The van der Waals surface area contributed by atoms with Crippen molar-refractivity contribution >= 4 is 23.4 Å². The Morgan fingerprint density at radius 3 is 2.28 bits per heavy atom. The van der Waals surface area contributed by atoms with Crippen LogP contribution < -0.4 is 22.1 Å². The van der Waals surface area contributed by atoms with Crippen LogP contribution in [-0.2, 0) is 4.79 Å². The second-order valence-corrected chi connectivity index (χ2v) is 7.77. The van der Waals surface area contributed by atoms with Crippen molar-refractivity contribution in [3.05, 3.63) is 29.3 Å². The molecule has 1 aliphatic heterocycles. The van der Waals surface area contributed by atoms with Crippen LogP contribution in [0.15, 0.2) is 18.2 Å². The zero-order valence-corrected chi connectivity index (χ0v) is 15.1. The van der Waals surface area contributed by atoms with Gasteiger partial charge in [0.05, 0.1) is 22.7 Å². The van der Waals surface area contributed by atoms with E-state index in [9.17, 15) is 14.4 Å². The first kappa shape index (κ1) is 18.9. The number of carbonyl (C=O) groups excluding carboxylic acids is 3. The average Bonchev–Trinajstić information content (AvgIpc) is 2.44. The van der Waals surface area contributed by atoms with Crippen molar-refractivity contribution in [2.45, 2.75) is 51.6 Å². The third-order valence-corrected chi connectivity index (χ3v) is 4.74. The van der Waals surface area contributed by atoms with Crippen LogP contribution in [0.2, 0.25) is 0 Å². The average molecular weight is 346 g/mol. The molecule has 1 fully saturated rings. The Hall–Kier alpha value is -2.41. The van der Waals surface area contributed by atoms with Crippen LogP contribution in [0.4, 0.5) is 5.69 Å². The molecule has 1 atom stereocenters. The molecule has 0 saturated carbocycles. The van der Waals surface area contributed by atoms with Gasteiger partial charge in [0.2, 0.25) is 11.8 Å². The number of hydrogen-bond donors (Lipinski definition) is 4. The molecule has 6 N–H and O–H groups in total. The molecule has 7 nitrogen and oxygen atoms in total. The maximum atomic E-state index is 12.8. The molecular formula is C18H26N4O3. The van der Waals surface area contributed by atoms with E-state index in [0.717, 1.165) is 6.42 Å². The van der Waals surface area contributed by atoms with Gasteiger partial charge in [-0.25, -0.2) is 0 Å². The number of primary amides is 2. The topological polar surface area (TPSA) is 127 Å². The van der Waals surface area contributed by atoms with E-state index < -0.39 is 17.4 Å². The highest BCUT2D eigenvalue weighted by Gasteiger charge is 2.43. The number of anilines is 1. The first-order valence-corrected chi connectivity index (χ1v) is 8.27. The number of piperidine rings is 1. The molecule has 0 radical (unpaired) electrons. The van der Waals surface area contributed by atoms with E-state index in [4.69, 9.17) is 11.5 Å². The summed E-state index contributed by atoms with van der Waals surface area (Å²) in [6.45, 7) is 8.16. The van der Waals surface area contributed by atoms with Gasteiger partial charge in [0.1, 0.15) is 0 Å². The molecule has 0 aromatic heterocycles. The van der Waals surface area contributed by atoms with E-state index in [1.807, 2.05) is 13.8 Å². The van der Waals surface area contributed by atoms with Crippen LogP contribution in [0.1, 0.15) is 61.3 Å². The van der Waals surface area contributed by atoms with Gasteiger partial charge >= 0.3 is 0 Å². The number of hydrogen-bond acceptors (Lipinski definition) is 4. The first-order valence-electron chi connectivity index (χ1n) is 8.27. The lowest BCUT2D eigenvalue weighted by Crippen LogP contribution is -2.62. The molecule has 1 aromatic rings. The summed E-state index contributed by atoms with van der Waals surface area (Å²) in [6, 6.07) is 4.50. The lowest BCUT2D eigenvalue weighted by atomic mass is 9.74. The van der Waals surface area contributed by atoms with E-state index in [1.54, 1.807) is 6.07 Å². The lowest BCUT2D eigenvalue weighted by molar-refractivity contribution is -0.124. The lowest BCUT2D eigenvalue weighted by Gasteiger charge is -2.47. The number of carbonyl (C=O) groups is 3. The van der Waals surface area contributed by atoms with Gasteiger partial charge in [-0.2, -0.15) is 0 Å². The van der Waals surface area contributed by atoms with Crippen molar-refractivity contribution in [3.8, 4) is 0 Å². The Morgan fingerprint density at radius 1 is 1.12 bits per heavy atom. The largest absolute Gasteiger partial charge is 0.366 e. The smallest absolute Gasteiger partial charge is 0.251 e. The number of benzene rings is 1. The molecule has 1 unspecified atom stereocenters. The highest BCUT2D eigenvalue weighted by atomic mass is 16.2. The van der Waals surface area contributed by atoms with Gasteiger partial charge in [-0.1, -0.05) is 6.07 Å². The molecule has 1 heterocycles. The molecule has 0 aliphatic carbocycles. The third-order valence-electron chi connectivity index (χ3n) is 4.74. The molecule has 3 amide bonds. The second kappa shape index (κ2) is 6.48. The standard InChI is InChI=1S/C18H26N4O3/c1-17(2)9-8-11(18(3,4)22-17)16(25)21-12-7-5-6-10(14(19)23)13(12)15(20)24/h5-7,11,22H,8-9H2,1-4H3,(H2,19,23)(H2,20,24)(H,21,25). The zero-order valence-electron chi connectivity index (χ0n) is 15.1. The Balaban J connectivity index is 2.31. The molecule has 1 saturated heterocycles. The first-order chi connectivity index (χ1) is 11.4. The minimum Gasteiger partial charge on any atom is -0.366 e. The van der Waals surface area contributed by atoms with Crippen molar-refractivity contribution < 1.29 is 14.4 Å². The molecule has 25 heavy (non-hydrogen) atoms. The molecule has 1 aromatic carbocycles. The third kappa shape index (κ3) is 3.99. The Labute approximate surface area is 147 Å². The fourth-order valence-electron chi connectivity index (χ4n) is 3.69. The van der Waals surface area contributed by atoms with Gasteiger partial charge in [0, 0.05) is 11.1 Å². The summed E-state index contributed by atoms with van der Waals surface area (Å²) >= 11 is 0. The minimum atomic E-state index is -0.813. The molecule has 0 bridgehead atoms. The molecular weight excluding hydrogens is 320 g/mol. The number of nitrogens with one attached hydrogen (secondary N) is 2. The Morgan fingerprint density at radius 2 is 1.76 bits per heavy atom. The van der Waals surface area contributed by atoms with Gasteiger partial charge in [-0.05, 0) is 52.7 Å². The molecule has 136 valence electrons. The van der Waals surface area contributed by atoms with Gasteiger partial charge in [0.15, 0.2) is 0 Å². The Bertz CT molecular complexity index is 725. The maximum Gasteiger partial charge on any atom is 0.251 e. The van der Waals surface area contributed by atoms with E-state index >= 15 is 0 Å². The van der Waals surface area contributed by atoms with Crippen molar-refractivity contribution in [2.75, 3.05) is 5.32 Å². The molecule has 2 rings (SSSR count). The van der Waals surface area contributed by atoms with E-state index in [1.165, 1.54) is 12.1 Å². The normalized spacial score (nSPS) is 21.4. The van der Waals surface area contributed by atoms with Crippen LogP contribution in [-0.4, -0.2) is 28.8 Å². The predicted molar refractivity (Wildman–Crippen MR) is 96.1 cm³/mol. The highest BCUT2D eigenvalue weighted by molar-refractivity contribution is 6.11. The van der Waals surface area contributed by atoms with E-state index in [0.29, 0.717) is 6.42 Å². The fraction of sp³-hybridized carbons (Fsp3) is 0.500. The molecule has 0 spiro atoms. The van der Waals surface area contributed by atoms with Crippen molar-refractivity contribution in [2.24, 2.45) is 17.4 Å². The van der Waals surface area contributed by atoms with Crippen LogP contribution in [0.3, 0.4) is 0 Å². The van der Waals surface area contributed by atoms with Crippen molar-refractivity contribution in [1.29, 1.82) is 0 Å². The van der Waals surface area contributed by atoms with Gasteiger partial charge in [-0.3, -0.25) is 14.4 Å². The highest BCUT2D eigenvalue weighted by Crippen LogP contribution is 2.34. The zero-order chi connectivity index (χ0) is 19.0. The fourth-order valence-corrected chi connectivity index (χ4v) is 3.69. The van der Waals surface area contributed by atoms with E-state index in [2.05, 4.69) is 24.5 Å². The van der Waals surface area contributed by atoms with E-state index in [-0.39, 0.29) is 34.2 Å². The molecule has 1 aliphatic rings. The predicted octanol–water partition coefficient (Wildman–Crippen LogP) is 1.38. The Kier molecular flexibility index (Phi) is 4.90. The van der Waals surface area contributed by atoms with Crippen molar-refractivity contribution in [3.63, 3.8) is 0 Å². The monoisotopic (exact) mass is 346 g/mol. The van der Waals surface area contributed by atoms with Gasteiger partial charge in [0.25, 0.3) is 5.91 Å². The summed E-state index contributed by atoms with van der Waals surface area (Å²) in [5, 5.41) is 6.24. The van der Waals surface area contributed by atoms with Crippen LogP contribution >= 0.6 is 0 Å². The summed E-state index contributed by atoms with van der Waals surface area (Å²) in [5.41, 5.74) is 10.3. The molecule has 7 heteroatoms. The van der Waals surface area contributed by atoms with Crippen LogP contribution in [0.25, 0.3) is 0 Å². The quantitative estimate of drug-likeness (QED) is 0.656. The minimum absolute atomic E-state index is 0.00698. The van der Waals surface area contributed by atoms with Crippen LogP contribution in [0.5, 0.6) is 0 Å². The number of amides is 3. The van der Waals surface area contributed by atoms with Crippen molar-refractivity contribution in [1.82, 2.24) is 5.32 Å². The number of rotatable bonds is 4.